The first-order valence-corrected chi connectivity index (χ1v) is 5.73. The van der Waals surface area contributed by atoms with Gasteiger partial charge in [0.05, 0.1) is 17.1 Å². The number of aromatic nitrogens is 2. The summed E-state index contributed by atoms with van der Waals surface area (Å²) >= 11 is 0. The molecule has 2 aromatic carbocycles. The van der Waals surface area contributed by atoms with Gasteiger partial charge in [-0.3, -0.25) is 0 Å². The van der Waals surface area contributed by atoms with Gasteiger partial charge in [-0.1, -0.05) is 30.3 Å². The molecule has 0 bridgehead atoms. The molecule has 1 aromatic heterocycles. The number of rotatable bonds is 2. The van der Waals surface area contributed by atoms with Gasteiger partial charge < -0.3 is 15.8 Å². The summed E-state index contributed by atoms with van der Waals surface area (Å²) in [6.07, 6.45) is 0. The normalized spacial score (nSPS) is 12.7. The van der Waals surface area contributed by atoms with E-state index in [1.165, 1.54) is 0 Å². The molecule has 0 saturated heterocycles. The van der Waals surface area contributed by atoms with Crippen molar-refractivity contribution in [2.75, 3.05) is 0 Å². The van der Waals surface area contributed by atoms with Crippen LogP contribution in [0.2, 0.25) is 0 Å². The van der Waals surface area contributed by atoms with Gasteiger partial charge in [-0.2, -0.15) is 0 Å². The molecule has 4 heteroatoms. The summed E-state index contributed by atoms with van der Waals surface area (Å²) in [5.41, 5.74) is 8.75. The van der Waals surface area contributed by atoms with Crippen LogP contribution in [0.25, 0.3) is 11.0 Å². The lowest BCUT2D eigenvalue weighted by Crippen LogP contribution is -2.13. The smallest absolute Gasteiger partial charge is 0.128 e. The zero-order valence-electron chi connectivity index (χ0n) is 9.67. The second kappa shape index (κ2) is 4.16. The minimum Gasteiger partial charge on any atom is -0.508 e. The molecule has 3 rings (SSSR count). The van der Waals surface area contributed by atoms with Crippen LogP contribution in [-0.4, -0.2) is 15.1 Å². The Hall–Kier alpha value is -2.33. The number of aromatic amines is 1. The van der Waals surface area contributed by atoms with Gasteiger partial charge >= 0.3 is 0 Å². The molecule has 18 heavy (non-hydrogen) atoms. The van der Waals surface area contributed by atoms with E-state index >= 15 is 0 Å². The second-order valence-electron chi connectivity index (χ2n) is 4.21. The minimum absolute atomic E-state index is 0.214. The van der Waals surface area contributed by atoms with Crippen molar-refractivity contribution in [1.29, 1.82) is 0 Å². The molecule has 0 aliphatic carbocycles. The predicted molar refractivity (Wildman–Crippen MR) is 70.2 cm³/mol. The van der Waals surface area contributed by atoms with Crippen LogP contribution in [0.1, 0.15) is 17.4 Å². The summed E-state index contributed by atoms with van der Waals surface area (Å²) < 4.78 is 0. The van der Waals surface area contributed by atoms with Crippen molar-refractivity contribution in [1.82, 2.24) is 9.97 Å². The van der Waals surface area contributed by atoms with Crippen molar-refractivity contribution < 1.29 is 5.11 Å². The molecule has 1 unspecified atom stereocenters. The van der Waals surface area contributed by atoms with Gasteiger partial charge in [0, 0.05) is 6.07 Å². The Labute approximate surface area is 104 Å². The molecule has 0 fully saturated rings. The van der Waals surface area contributed by atoms with Gasteiger partial charge in [0.25, 0.3) is 0 Å². The first kappa shape index (κ1) is 10.8. The van der Waals surface area contributed by atoms with Gasteiger partial charge in [0.2, 0.25) is 0 Å². The van der Waals surface area contributed by atoms with Crippen molar-refractivity contribution in [3.8, 4) is 5.75 Å². The summed E-state index contributed by atoms with van der Waals surface area (Å²) in [6, 6.07) is 14.5. The molecule has 0 radical (unpaired) electrons. The Morgan fingerprint density at radius 3 is 2.67 bits per heavy atom. The van der Waals surface area contributed by atoms with E-state index in [9.17, 15) is 5.11 Å². The first-order valence-electron chi connectivity index (χ1n) is 5.73. The van der Waals surface area contributed by atoms with Crippen molar-refractivity contribution >= 4 is 11.0 Å². The molecule has 1 heterocycles. The highest BCUT2D eigenvalue weighted by atomic mass is 16.3. The number of hydrogen-bond donors (Lipinski definition) is 3. The lowest BCUT2D eigenvalue weighted by molar-refractivity contribution is 0.476. The second-order valence-corrected chi connectivity index (χ2v) is 4.21. The fourth-order valence-corrected chi connectivity index (χ4v) is 1.98. The Balaban J connectivity index is 2.04. The summed E-state index contributed by atoms with van der Waals surface area (Å²) in [5.74, 6) is 0.910. The average Bonchev–Trinajstić information content (AvgIpc) is 2.81. The molecule has 4 nitrogen and oxygen atoms in total. The number of nitrogens with one attached hydrogen (secondary N) is 1. The topological polar surface area (TPSA) is 74.9 Å². The van der Waals surface area contributed by atoms with E-state index in [2.05, 4.69) is 9.97 Å². The molecule has 1 atom stereocenters. The van der Waals surface area contributed by atoms with E-state index in [0.29, 0.717) is 5.82 Å². The van der Waals surface area contributed by atoms with E-state index in [0.717, 1.165) is 16.6 Å². The van der Waals surface area contributed by atoms with Crippen LogP contribution in [0.5, 0.6) is 5.75 Å². The van der Waals surface area contributed by atoms with Gasteiger partial charge in [-0.25, -0.2) is 4.98 Å². The number of H-pyrrole nitrogens is 1. The number of imidazole rings is 1. The molecular formula is C14H13N3O. The molecule has 0 aliphatic heterocycles. The van der Waals surface area contributed by atoms with Crippen LogP contribution in [0.15, 0.2) is 48.5 Å². The summed E-state index contributed by atoms with van der Waals surface area (Å²) in [6.45, 7) is 0. The molecule has 4 N–H and O–H groups in total. The summed E-state index contributed by atoms with van der Waals surface area (Å²) in [5, 5.41) is 9.42. The molecule has 0 saturated carbocycles. The number of phenols is 1. The fourth-order valence-electron chi connectivity index (χ4n) is 1.98. The highest BCUT2D eigenvalue weighted by Crippen LogP contribution is 2.22. The number of fused-ring (bicyclic) bond motifs is 1. The van der Waals surface area contributed by atoms with Gasteiger partial charge in [0.1, 0.15) is 11.6 Å². The van der Waals surface area contributed by atoms with Crippen molar-refractivity contribution in [3.05, 3.63) is 59.9 Å². The third kappa shape index (κ3) is 1.83. The standard InChI is InChI=1S/C14H13N3O/c15-13(9-4-2-1-3-5-9)14-16-11-7-6-10(18)8-12(11)17-14/h1-8,13,18H,15H2,(H,16,17). The first-order chi connectivity index (χ1) is 8.74. The predicted octanol–water partition coefficient (Wildman–Crippen LogP) is 2.32. The van der Waals surface area contributed by atoms with Crippen LogP contribution in [0.3, 0.4) is 0 Å². The molecule has 0 spiro atoms. The van der Waals surface area contributed by atoms with Gasteiger partial charge in [-0.15, -0.1) is 0 Å². The van der Waals surface area contributed by atoms with Crippen molar-refractivity contribution in [2.24, 2.45) is 5.73 Å². The molecule has 90 valence electrons. The maximum Gasteiger partial charge on any atom is 0.128 e. The van der Waals surface area contributed by atoms with Crippen LogP contribution < -0.4 is 5.73 Å². The molecule has 0 amide bonds. The zero-order chi connectivity index (χ0) is 12.5. The average molecular weight is 239 g/mol. The van der Waals surface area contributed by atoms with E-state index in [-0.39, 0.29) is 11.8 Å². The Morgan fingerprint density at radius 1 is 1.11 bits per heavy atom. The monoisotopic (exact) mass is 239 g/mol. The number of nitrogens with zero attached hydrogens (tertiary/aromatic N) is 1. The molecule has 3 aromatic rings. The van der Waals surface area contributed by atoms with Crippen LogP contribution in [0, 0.1) is 0 Å². The highest BCUT2D eigenvalue weighted by molar-refractivity contribution is 5.76. The largest absolute Gasteiger partial charge is 0.508 e. The van der Waals surface area contributed by atoms with E-state index < -0.39 is 0 Å². The maximum atomic E-state index is 9.42. The summed E-state index contributed by atoms with van der Waals surface area (Å²) in [7, 11) is 0. The number of aromatic hydroxyl groups is 1. The summed E-state index contributed by atoms with van der Waals surface area (Å²) in [4.78, 5) is 7.58. The van der Waals surface area contributed by atoms with E-state index in [4.69, 9.17) is 5.73 Å². The Morgan fingerprint density at radius 2 is 1.89 bits per heavy atom. The lowest BCUT2D eigenvalue weighted by atomic mass is 10.1. The van der Waals surface area contributed by atoms with Gasteiger partial charge in [0.15, 0.2) is 0 Å². The third-order valence-electron chi connectivity index (χ3n) is 2.94. The van der Waals surface area contributed by atoms with Crippen molar-refractivity contribution in [3.63, 3.8) is 0 Å². The third-order valence-corrected chi connectivity index (χ3v) is 2.94. The van der Waals surface area contributed by atoms with Crippen molar-refractivity contribution in [2.45, 2.75) is 6.04 Å². The van der Waals surface area contributed by atoms with Crippen LogP contribution in [0.4, 0.5) is 0 Å². The Kier molecular flexibility index (Phi) is 2.50. The van der Waals surface area contributed by atoms with E-state index in [1.54, 1.807) is 18.2 Å². The van der Waals surface area contributed by atoms with E-state index in [1.807, 2.05) is 30.3 Å². The molecule has 0 aliphatic rings. The van der Waals surface area contributed by atoms with Crippen LogP contribution >= 0.6 is 0 Å². The highest BCUT2D eigenvalue weighted by Gasteiger charge is 2.13. The fraction of sp³-hybridized carbons (Fsp3) is 0.0714. The number of nitrogens with two attached hydrogens (primary N) is 1. The number of benzene rings is 2. The molecular weight excluding hydrogens is 226 g/mol. The lowest BCUT2D eigenvalue weighted by Gasteiger charge is -2.08. The maximum absolute atomic E-state index is 9.42. The van der Waals surface area contributed by atoms with Crippen LogP contribution in [-0.2, 0) is 0 Å². The minimum atomic E-state index is -0.291. The number of hydrogen-bond acceptors (Lipinski definition) is 3. The number of phenolic OH excluding ortho intramolecular Hbond substituents is 1. The Bertz CT molecular complexity index is 676. The SMILES string of the molecule is NC(c1ccccc1)c1nc2ccc(O)cc2[nH]1. The van der Waals surface area contributed by atoms with Gasteiger partial charge in [-0.05, 0) is 17.7 Å². The quantitative estimate of drug-likeness (QED) is 0.642. The zero-order valence-corrected chi connectivity index (χ0v) is 9.67.